The lowest BCUT2D eigenvalue weighted by atomic mass is 9.82. The first-order valence-corrected chi connectivity index (χ1v) is 8.65. The van der Waals surface area contributed by atoms with Gasteiger partial charge in [0.25, 0.3) is 5.91 Å². The van der Waals surface area contributed by atoms with Crippen LogP contribution in [0.2, 0.25) is 5.02 Å². The Morgan fingerprint density at radius 1 is 1.31 bits per heavy atom. The normalized spacial score (nSPS) is 20.4. The molecule has 5 nitrogen and oxygen atoms in total. The molecule has 0 fully saturated rings. The second kappa shape index (κ2) is 7.30. The van der Waals surface area contributed by atoms with E-state index in [9.17, 15) is 9.59 Å². The van der Waals surface area contributed by atoms with Gasteiger partial charge in [0.1, 0.15) is 5.75 Å². The molecule has 0 bridgehead atoms. The van der Waals surface area contributed by atoms with Gasteiger partial charge in [-0.25, -0.2) is 4.99 Å². The molecular formula is C20H19ClN2O3. The van der Waals surface area contributed by atoms with Gasteiger partial charge in [-0.3, -0.25) is 9.59 Å². The van der Waals surface area contributed by atoms with E-state index in [1.165, 1.54) is 13.2 Å². The highest BCUT2D eigenvalue weighted by atomic mass is 35.5. The van der Waals surface area contributed by atoms with E-state index in [0.717, 1.165) is 11.3 Å². The monoisotopic (exact) mass is 370 g/mol. The van der Waals surface area contributed by atoms with Crippen LogP contribution in [0.5, 0.6) is 5.75 Å². The van der Waals surface area contributed by atoms with Crippen molar-refractivity contribution in [2.75, 3.05) is 7.11 Å². The number of carbonyl (C=O) groups excluding carboxylic acids is 2. The number of allylic oxidation sites excluding steroid dienone is 3. The molecule has 2 amide bonds. The van der Waals surface area contributed by atoms with Gasteiger partial charge in [0.15, 0.2) is 0 Å². The Bertz CT molecular complexity index is 894. The Morgan fingerprint density at radius 2 is 2.08 bits per heavy atom. The molecule has 6 heteroatoms. The fraction of sp³-hybridized carbons (Fsp3) is 0.250. The van der Waals surface area contributed by atoms with Crippen LogP contribution in [0.25, 0.3) is 0 Å². The summed E-state index contributed by atoms with van der Waals surface area (Å²) in [7, 11) is 1.48. The van der Waals surface area contributed by atoms with E-state index in [-0.39, 0.29) is 23.3 Å². The van der Waals surface area contributed by atoms with E-state index in [2.05, 4.69) is 24.2 Å². The standard InChI is InChI=1S/C20H19ClN2O3/c1-11(2)15-10-19(24)23-17-9-13(5-6-14(15)17)22-20(25)16-8-12(21)4-7-18(16)26-3/h4-11,14H,1-3H3,(H,23,24). The van der Waals surface area contributed by atoms with Crippen molar-refractivity contribution in [1.29, 1.82) is 0 Å². The Hall–Kier alpha value is -2.66. The number of aliphatic imine (C=N–C) groups is 1. The van der Waals surface area contributed by atoms with Crippen molar-refractivity contribution in [1.82, 2.24) is 5.32 Å². The molecule has 1 atom stereocenters. The summed E-state index contributed by atoms with van der Waals surface area (Å²) in [6.45, 7) is 4.10. The first-order valence-electron chi connectivity index (χ1n) is 8.28. The highest BCUT2D eigenvalue weighted by Crippen LogP contribution is 2.32. The third-order valence-corrected chi connectivity index (χ3v) is 4.55. The number of carbonyl (C=O) groups is 2. The van der Waals surface area contributed by atoms with Gasteiger partial charge < -0.3 is 10.1 Å². The molecule has 1 aliphatic carbocycles. The zero-order valence-electron chi connectivity index (χ0n) is 14.7. The molecule has 0 radical (unpaired) electrons. The fourth-order valence-electron chi connectivity index (χ4n) is 3.04. The molecule has 0 saturated carbocycles. The van der Waals surface area contributed by atoms with Crippen LogP contribution in [-0.2, 0) is 4.79 Å². The van der Waals surface area contributed by atoms with E-state index in [4.69, 9.17) is 16.3 Å². The minimum absolute atomic E-state index is 0.00228. The zero-order valence-corrected chi connectivity index (χ0v) is 15.5. The smallest absolute Gasteiger partial charge is 0.281 e. The maximum atomic E-state index is 12.6. The number of methoxy groups -OCH3 is 1. The van der Waals surface area contributed by atoms with Crippen LogP contribution in [0.15, 0.2) is 58.8 Å². The van der Waals surface area contributed by atoms with Gasteiger partial charge in [-0.15, -0.1) is 0 Å². The minimum atomic E-state index is -0.457. The molecule has 0 spiro atoms. The lowest BCUT2D eigenvalue weighted by Gasteiger charge is -2.29. The van der Waals surface area contributed by atoms with Crippen LogP contribution in [0, 0.1) is 11.8 Å². The molecular weight excluding hydrogens is 352 g/mol. The van der Waals surface area contributed by atoms with Crippen molar-refractivity contribution in [2.24, 2.45) is 16.8 Å². The number of hydrogen-bond acceptors (Lipinski definition) is 3. The summed E-state index contributed by atoms with van der Waals surface area (Å²) in [5, 5.41) is 3.26. The van der Waals surface area contributed by atoms with Gasteiger partial charge in [0, 0.05) is 22.7 Å². The zero-order chi connectivity index (χ0) is 18.8. The molecule has 134 valence electrons. The fourth-order valence-corrected chi connectivity index (χ4v) is 3.21. The van der Waals surface area contributed by atoms with E-state index < -0.39 is 5.91 Å². The summed E-state index contributed by atoms with van der Waals surface area (Å²) in [4.78, 5) is 28.6. The van der Waals surface area contributed by atoms with Crippen LogP contribution in [-0.4, -0.2) is 24.6 Å². The van der Waals surface area contributed by atoms with Gasteiger partial charge in [0.05, 0.1) is 18.4 Å². The van der Waals surface area contributed by atoms with Crippen molar-refractivity contribution in [3.63, 3.8) is 0 Å². The average molecular weight is 371 g/mol. The largest absolute Gasteiger partial charge is 0.496 e. The highest BCUT2D eigenvalue weighted by molar-refractivity contribution is 6.31. The Balaban J connectivity index is 1.92. The van der Waals surface area contributed by atoms with Gasteiger partial charge in [-0.2, -0.15) is 0 Å². The molecule has 1 aromatic carbocycles. The molecule has 0 saturated heterocycles. The molecule has 1 N–H and O–H groups in total. The van der Waals surface area contributed by atoms with Crippen LogP contribution in [0.1, 0.15) is 24.2 Å². The van der Waals surface area contributed by atoms with Crippen molar-refractivity contribution in [2.45, 2.75) is 13.8 Å². The number of hydrogen-bond donors (Lipinski definition) is 1. The Kier molecular flexibility index (Phi) is 5.09. The first kappa shape index (κ1) is 18.1. The number of halogens is 1. The predicted octanol–water partition coefficient (Wildman–Crippen LogP) is 3.71. The number of amides is 2. The van der Waals surface area contributed by atoms with E-state index in [1.54, 1.807) is 30.4 Å². The van der Waals surface area contributed by atoms with Crippen LogP contribution < -0.4 is 10.1 Å². The van der Waals surface area contributed by atoms with Gasteiger partial charge >= 0.3 is 0 Å². The van der Waals surface area contributed by atoms with Crippen molar-refractivity contribution in [3.05, 3.63) is 64.4 Å². The summed E-state index contributed by atoms with van der Waals surface area (Å²) in [5.41, 5.74) is 2.52. The second-order valence-corrected chi connectivity index (χ2v) is 6.85. The summed E-state index contributed by atoms with van der Waals surface area (Å²) in [5.74, 6) is 0.0391. The van der Waals surface area contributed by atoms with Crippen LogP contribution in [0.3, 0.4) is 0 Å². The van der Waals surface area contributed by atoms with Crippen molar-refractivity contribution >= 4 is 29.1 Å². The second-order valence-electron chi connectivity index (χ2n) is 6.41. The topological polar surface area (TPSA) is 67.8 Å². The lowest BCUT2D eigenvalue weighted by Crippen LogP contribution is -2.34. The molecule has 1 heterocycles. The molecule has 1 aromatic rings. The summed E-state index contributed by atoms with van der Waals surface area (Å²) in [6.07, 6.45) is 7.10. The number of benzene rings is 1. The SMILES string of the molecule is COc1ccc(Cl)cc1C(=O)N=C1C=CC2C(=C1)NC(=O)C=C2C(C)C. The number of rotatable bonds is 3. The lowest BCUT2D eigenvalue weighted by molar-refractivity contribution is -0.116. The molecule has 3 rings (SSSR count). The van der Waals surface area contributed by atoms with Crippen molar-refractivity contribution in [3.8, 4) is 5.75 Å². The van der Waals surface area contributed by atoms with Gasteiger partial charge in [-0.1, -0.05) is 31.5 Å². The van der Waals surface area contributed by atoms with Crippen LogP contribution >= 0.6 is 11.6 Å². The predicted molar refractivity (Wildman–Crippen MR) is 102 cm³/mol. The van der Waals surface area contributed by atoms with E-state index >= 15 is 0 Å². The average Bonchev–Trinajstić information content (AvgIpc) is 2.60. The van der Waals surface area contributed by atoms with E-state index in [0.29, 0.717) is 16.5 Å². The molecule has 0 aromatic heterocycles. The first-order chi connectivity index (χ1) is 12.4. The number of fused-ring (bicyclic) bond motifs is 1. The summed E-state index contributed by atoms with van der Waals surface area (Å²) in [6, 6.07) is 4.80. The maximum Gasteiger partial charge on any atom is 0.281 e. The van der Waals surface area contributed by atoms with E-state index in [1.807, 2.05) is 6.08 Å². The quantitative estimate of drug-likeness (QED) is 0.881. The summed E-state index contributed by atoms with van der Waals surface area (Å²) < 4.78 is 5.20. The summed E-state index contributed by atoms with van der Waals surface area (Å²) >= 11 is 5.98. The maximum absolute atomic E-state index is 12.6. The minimum Gasteiger partial charge on any atom is -0.496 e. The molecule has 26 heavy (non-hydrogen) atoms. The number of nitrogens with zero attached hydrogens (tertiary/aromatic N) is 1. The Morgan fingerprint density at radius 3 is 2.77 bits per heavy atom. The van der Waals surface area contributed by atoms with Gasteiger partial charge in [-0.05, 0) is 41.8 Å². The third-order valence-electron chi connectivity index (χ3n) is 4.31. The molecule has 1 aliphatic heterocycles. The third kappa shape index (κ3) is 3.63. The molecule has 2 aliphatic rings. The number of ether oxygens (including phenoxy) is 1. The molecule has 1 unspecified atom stereocenters. The number of nitrogens with one attached hydrogen (secondary N) is 1. The highest BCUT2D eigenvalue weighted by Gasteiger charge is 2.28. The Labute approximate surface area is 157 Å². The van der Waals surface area contributed by atoms with Gasteiger partial charge in [0.2, 0.25) is 5.91 Å². The van der Waals surface area contributed by atoms with Crippen LogP contribution in [0.4, 0.5) is 0 Å². The van der Waals surface area contributed by atoms with Crippen molar-refractivity contribution < 1.29 is 14.3 Å².